The quantitative estimate of drug-likeness (QED) is 0.464. The first-order chi connectivity index (χ1) is 13.8. The number of hydrogen-bond donors (Lipinski definition) is 3. The van der Waals surface area contributed by atoms with E-state index in [1.165, 1.54) is 10.9 Å². The smallest absolute Gasteiger partial charge is 0.269 e. The van der Waals surface area contributed by atoms with Gasteiger partial charge >= 0.3 is 0 Å². The number of H-pyrrole nitrogens is 1. The Balaban J connectivity index is 1.33. The maximum atomic E-state index is 12.4. The van der Waals surface area contributed by atoms with Crippen LogP contribution in [-0.2, 0) is 13.0 Å². The number of para-hydroxylation sites is 1. The molecule has 3 heterocycles. The summed E-state index contributed by atoms with van der Waals surface area (Å²) < 4.78 is 0. The maximum absolute atomic E-state index is 12.4. The number of rotatable bonds is 7. The van der Waals surface area contributed by atoms with Gasteiger partial charge in [-0.25, -0.2) is 0 Å². The summed E-state index contributed by atoms with van der Waals surface area (Å²) in [7, 11) is 0. The van der Waals surface area contributed by atoms with Gasteiger partial charge < -0.3 is 15.6 Å². The summed E-state index contributed by atoms with van der Waals surface area (Å²) in [4.78, 5) is 24.2. The van der Waals surface area contributed by atoms with E-state index in [2.05, 4.69) is 31.7 Å². The Morgan fingerprint density at radius 3 is 2.79 bits per heavy atom. The molecule has 0 bridgehead atoms. The van der Waals surface area contributed by atoms with E-state index in [0.717, 1.165) is 23.3 Å². The van der Waals surface area contributed by atoms with Crippen molar-refractivity contribution in [1.82, 2.24) is 20.3 Å². The Hall–Kier alpha value is -3.67. The van der Waals surface area contributed by atoms with Gasteiger partial charge in [0.1, 0.15) is 5.69 Å². The molecule has 1 aromatic carbocycles. The Bertz CT molecular complexity index is 1070. The average molecular weight is 371 g/mol. The molecule has 28 heavy (non-hydrogen) atoms. The van der Waals surface area contributed by atoms with Crippen LogP contribution in [0.5, 0.6) is 0 Å². The minimum atomic E-state index is -0.179. The Morgan fingerprint density at radius 1 is 1.00 bits per heavy atom. The number of benzene rings is 1. The van der Waals surface area contributed by atoms with Crippen molar-refractivity contribution < 1.29 is 4.79 Å². The van der Waals surface area contributed by atoms with Gasteiger partial charge in [0, 0.05) is 41.7 Å². The van der Waals surface area contributed by atoms with Crippen LogP contribution in [0.3, 0.4) is 0 Å². The van der Waals surface area contributed by atoms with E-state index in [1.807, 2.05) is 48.7 Å². The fourth-order valence-corrected chi connectivity index (χ4v) is 3.10. The van der Waals surface area contributed by atoms with Crippen LogP contribution >= 0.6 is 0 Å². The van der Waals surface area contributed by atoms with Crippen LogP contribution in [0, 0.1) is 0 Å². The highest BCUT2D eigenvalue weighted by atomic mass is 16.1. The largest absolute Gasteiger partial charge is 0.379 e. The molecule has 4 rings (SSSR count). The lowest BCUT2D eigenvalue weighted by Gasteiger charge is -2.08. The molecule has 0 unspecified atom stereocenters. The minimum absolute atomic E-state index is 0.179. The number of anilines is 1. The Labute approximate surface area is 163 Å². The number of pyridine rings is 2. The van der Waals surface area contributed by atoms with Crippen molar-refractivity contribution in [3.05, 3.63) is 90.1 Å². The van der Waals surface area contributed by atoms with E-state index in [0.29, 0.717) is 18.8 Å². The molecule has 6 nitrogen and oxygen atoms in total. The van der Waals surface area contributed by atoms with Crippen LogP contribution in [0.2, 0.25) is 0 Å². The van der Waals surface area contributed by atoms with Crippen molar-refractivity contribution in [1.29, 1.82) is 0 Å². The molecule has 0 aliphatic heterocycles. The number of carbonyl (C=O) groups is 1. The number of aromatic nitrogens is 3. The Kier molecular flexibility index (Phi) is 5.29. The molecule has 0 aliphatic rings. The number of aromatic amines is 1. The average Bonchev–Trinajstić information content (AvgIpc) is 3.16. The van der Waals surface area contributed by atoms with Crippen LogP contribution in [-0.4, -0.2) is 27.4 Å². The molecule has 0 fully saturated rings. The predicted octanol–water partition coefficient (Wildman–Crippen LogP) is 3.54. The van der Waals surface area contributed by atoms with Crippen LogP contribution < -0.4 is 10.6 Å². The molecule has 0 spiro atoms. The zero-order valence-electron chi connectivity index (χ0n) is 15.4. The van der Waals surface area contributed by atoms with Gasteiger partial charge in [-0.15, -0.1) is 0 Å². The summed E-state index contributed by atoms with van der Waals surface area (Å²) in [5.41, 5.74) is 4.46. The van der Waals surface area contributed by atoms with Crippen LogP contribution in [0.15, 0.2) is 73.2 Å². The molecule has 0 saturated carbocycles. The highest BCUT2D eigenvalue weighted by molar-refractivity contribution is 5.93. The van der Waals surface area contributed by atoms with Gasteiger partial charge in [0.2, 0.25) is 0 Å². The highest BCUT2D eigenvalue weighted by Crippen LogP contribution is 2.17. The number of fused-ring (bicyclic) bond motifs is 1. The summed E-state index contributed by atoms with van der Waals surface area (Å²) in [5.74, 6) is -0.179. The number of nitrogens with one attached hydrogen (secondary N) is 3. The lowest BCUT2D eigenvalue weighted by Crippen LogP contribution is -2.26. The normalized spacial score (nSPS) is 10.7. The molecule has 0 saturated heterocycles. The van der Waals surface area contributed by atoms with Gasteiger partial charge in [-0.05, 0) is 42.3 Å². The van der Waals surface area contributed by atoms with Gasteiger partial charge in [-0.2, -0.15) is 0 Å². The fourth-order valence-electron chi connectivity index (χ4n) is 3.10. The summed E-state index contributed by atoms with van der Waals surface area (Å²) in [6.45, 7) is 1.14. The standard InChI is InChI=1S/C22H21N5O/c28-22(25-11-8-16-14-27-20-7-2-1-6-19(16)20)21-13-17(9-12-24-21)26-15-18-5-3-4-10-23-18/h1-7,9-10,12-14,27H,8,11,15H2,(H,24,26)(H,25,28). The summed E-state index contributed by atoms with van der Waals surface area (Å²) in [5, 5.41) is 7.41. The van der Waals surface area contributed by atoms with Crippen molar-refractivity contribution >= 4 is 22.5 Å². The molecule has 6 heteroatoms. The molecular weight excluding hydrogens is 350 g/mol. The molecule has 4 aromatic rings. The van der Waals surface area contributed by atoms with Crippen molar-refractivity contribution in [2.24, 2.45) is 0 Å². The second-order valence-electron chi connectivity index (χ2n) is 6.47. The third kappa shape index (κ3) is 4.17. The van der Waals surface area contributed by atoms with E-state index in [4.69, 9.17) is 0 Å². The third-order valence-corrected chi connectivity index (χ3v) is 4.55. The molecular formula is C22H21N5O. The molecule has 0 aliphatic carbocycles. The first-order valence-corrected chi connectivity index (χ1v) is 9.22. The zero-order valence-corrected chi connectivity index (χ0v) is 15.4. The van der Waals surface area contributed by atoms with Crippen LogP contribution in [0.4, 0.5) is 5.69 Å². The predicted molar refractivity (Wildman–Crippen MR) is 110 cm³/mol. The van der Waals surface area contributed by atoms with Crippen molar-refractivity contribution in [3.63, 3.8) is 0 Å². The monoisotopic (exact) mass is 371 g/mol. The van der Waals surface area contributed by atoms with E-state index in [1.54, 1.807) is 18.5 Å². The SMILES string of the molecule is O=C(NCCc1c[nH]c2ccccc12)c1cc(NCc2ccccn2)ccn1. The fraction of sp³-hybridized carbons (Fsp3) is 0.136. The summed E-state index contributed by atoms with van der Waals surface area (Å²) in [6.07, 6.45) is 6.15. The van der Waals surface area contributed by atoms with Gasteiger partial charge in [0.05, 0.1) is 12.2 Å². The molecule has 1 amide bonds. The third-order valence-electron chi connectivity index (χ3n) is 4.55. The molecule has 0 atom stereocenters. The lowest BCUT2D eigenvalue weighted by molar-refractivity contribution is 0.0949. The van der Waals surface area contributed by atoms with Gasteiger partial charge in [-0.3, -0.25) is 14.8 Å². The van der Waals surface area contributed by atoms with Gasteiger partial charge in [0.25, 0.3) is 5.91 Å². The number of carbonyl (C=O) groups excluding carboxylic acids is 1. The van der Waals surface area contributed by atoms with Crippen molar-refractivity contribution in [2.75, 3.05) is 11.9 Å². The van der Waals surface area contributed by atoms with Gasteiger partial charge in [-0.1, -0.05) is 24.3 Å². The van der Waals surface area contributed by atoms with Crippen molar-refractivity contribution in [3.8, 4) is 0 Å². The number of hydrogen-bond acceptors (Lipinski definition) is 4. The molecule has 3 aromatic heterocycles. The topological polar surface area (TPSA) is 82.7 Å². The first-order valence-electron chi connectivity index (χ1n) is 9.22. The first kappa shape index (κ1) is 17.7. The lowest BCUT2D eigenvalue weighted by atomic mass is 10.1. The minimum Gasteiger partial charge on any atom is -0.379 e. The maximum Gasteiger partial charge on any atom is 0.269 e. The van der Waals surface area contributed by atoms with Crippen LogP contribution in [0.1, 0.15) is 21.7 Å². The molecule has 140 valence electrons. The highest BCUT2D eigenvalue weighted by Gasteiger charge is 2.09. The van der Waals surface area contributed by atoms with Gasteiger partial charge in [0.15, 0.2) is 0 Å². The van der Waals surface area contributed by atoms with Crippen LogP contribution in [0.25, 0.3) is 10.9 Å². The summed E-state index contributed by atoms with van der Waals surface area (Å²) >= 11 is 0. The van der Waals surface area contributed by atoms with E-state index >= 15 is 0 Å². The molecule has 0 radical (unpaired) electrons. The number of amides is 1. The molecule has 3 N–H and O–H groups in total. The van der Waals surface area contributed by atoms with E-state index in [-0.39, 0.29) is 5.91 Å². The zero-order chi connectivity index (χ0) is 19.2. The van der Waals surface area contributed by atoms with E-state index in [9.17, 15) is 4.79 Å². The van der Waals surface area contributed by atoms with E-state index < -0.39 is 0 Å². The summed E-state index contributed by atoms with van der Waals surface area (Å²) in [6, 6.07) is 17.5. The second-order valence-corrected chi connectivity index (χ2v) is 6.47. The van der Waals surface area contributed by atoms with Crippen molar-refractivity contribution in [2.45, 2.75) is 13.0 Å². The Morgan fingerprint density at radius 2 is 1.89 bits per heavy atom. The second kappa shape index (κ2) is 8.35. The number of nitrogens with zero attached hydrogens (tertiary/aromatic N) is 2.